The van der Waals surface area contributed by atoms with Crippen molar-refractivity contribution in [1.29, 1.82) is 0 Å². The predicted molar refractivity (Wildman–Crippen MR) is 53.4 cm³/mol. The van der Waals surface area contributed by atoms with Crippen molar-refractivity contribution in [1.82, 2.24) is 5.32 Å². The van der Waals surface area contributed by atoms with Gasteiger partial charge in [0, 0.05) is 0 Å². The topological polar surface area (TPSA) is 75.6 Å². The van der Waals surface area contributed by atoms with Crippen LogP contribution < -0.4 is 5.32 Å². The van der Waals surface area contributed by atoms with Crippen molar-refractivity contribution in [3.63, 3.8) is 0 Å². The summed E-state index contributed by atoms with van der Waals surface area (Å²) in [6.45, 7) is 3.62. The molecule has 1 heterocycles. The highest BCUT2D eigenvalue weighted by Gasteiger charge is 2.30. The third kappa shape index (κ3) is 3.20. The van der Waals surface area contributed by atoms with Gasteiger partial charge in [-0.25, -0.2) is 4.79 Å². The standard InChI is InChI=1S/C10H17NO4/c1-3-7(10(13)14)11-9(12)8-5-4-6(2)15-8/h6-8H,3-5H2,1-2H3,(H,11,12)(H,13,14)/t6?,7-,8?/m0/s1. The number of rotatable bonds is 4. The Kier molecular flexibility index (Phi) is 4.08. The van der Waals surface area contributed by atoms with E-state index in [-0.39, 0.29) is 12.0 Å². The van der Waals surface area contributed by atoms with Gasteiger partial charge in [0.15, 0.2) is 0 Å². The first-order valence-electron chi connectivity index (χ1n) is 5.23. The minimum Gasteiger partial charge on any atom is -0.480 e. The second-order valence-corrected chi connectivity index (χ2v) is 3.82. The van der Waals surface area contributed by atoms with Crippen molar-refractivity contribution in [2.75, 3.05) is 0 Å². The molecular weight excluding hydrogens is 198 g/mol. The third-order valence-electron chi connectivity index (χ3n) is 2.55. The van der Waals surface area contributed by atoms with E-state index < -0.39 is 18.1 Å². The monoisotopic (exact) mass is 215 g/mol. The molecule has 3 atom stereocenters. The number of carbonyl (C=O) groups is 2. The molecule has 1 amide bonds. The van der Waals surface area contributed by atoms with Gasteiger partial charge in [-0.15, -0.1) is 0 Å². The normalized spacial score (nSPS) is 27.3. The van der Waals surface area contributed by atoms with Crippen molar-refractivity contribution in [2.45, 2.75) is 51.4 Å². The SMILES string of the molecule is CC[C@H](NC(=O)C1CCC(C)O1)C(=O)O. The maximum atomic E-state index is 11.6. The Balaban J connectivity index is 2.44. The molecule has 0 aliphatic carbocycles. The average Bonchev–Trinajstić information content (AvgIpc) is 2.60. The van der Waals surface area contributed by atoms with Crippen LogP contribution in [0.2, 0.25) is 0 Å². The first kappa shape index (κ1) is 12.0. The summed E-state index contributed by atoms with van der Waals surface area (Å²) in [7, 11) is 0. The summed E-state index contributed by atoms with van der Waals surface area (Å²) in [5.41, 5.74) is 0. The lowest BCUT2D eigenvalue weighted by Crippen LogP contribution is -2.45. The first-order valence-corrected chi connectivity index (χ1v) is 5.23. The van der Waals surface area contributed by atoms with Crippen LogP contribution in [0, 0.1) is 0 Å². The summed E-state index contributed by atoms with van der Waals surface area (Å²) >= 11 is 0. The van der Waals surface area contributed by atoms with Gasteiger partial charge in [-0.3, -0.25) is 4.79 Å². The molecule has 2 unspecified atom stereocenters. The largest absolute Gasteiger partial charge is 0.480 e. The molecule has 2 N–H and O–H groups in total. The molecule has 1 rings (SSSR count). The lowest BCUT2D eigenvalue weighted by molar-refractivity contribution is -0.144. The van der Waals surface area contributed by atoms with Gasteiger partial charge >= 0.3 is 5.97 Å². The van der Waals surface area contributed by atoms with E-state index in [1.165, 1.54) is 0 Å². The fraction of sp³-hybridized carbons (Fsp3) is 0.800. The maximum Gasteiger partial charge on any atom is 0.326 e. The lowest BCUT2D eigenvalue weighted by Gasteiger charge is -2.16. The molecule has 0 bridgehead atoms. The molecule has 0 aromatic rings. The summed E-state index contributed by atoms with van der Waals surface area (Å²) in [5.74, 6) is -1.31. The summed E-state index contributed by atoms with van der Waals surface area (Å²) < 4.78 is 5.34. The molecule has 0 radical (unpaired) electrons. The van der Waals surface area contributed by atoms with E-state index >= 15 is 0 Å². The van der Waals surface area contributed by atoms with Gasteiger partial charge in [-0.05, 0) is 26.2 Å². The predicted octanol–water partition coefficient (Wildman–Crippen LogP) is 0.533. The van der Waals surface area contributed by atoms with E-state index in [1.54, 1.807) is 6.92 Å². The fourth-order valence-corrected chi connectivity index (χ4v) is 1.60. The van der Waals surface area contributed by atoms with Crippen LogP contribution in [0.5, 0.6) is 0 Å². The minimum atomic E-state index is -1.00. The smallest absolute Gasteiger partial charge is 0.326 e. The number of aliphatic carboxylic acids is 1. The Labute approximate surface area is 88.8 Å². The Hall–Kier alpha value is -1.10. The van der Waals surface area contributed by atoms with Crippen LogP contribution >= 0.6 is 0 Å². The number of hydrogen-bond donors (Lipinski definition) is 2. The Morgan fingerprint density at radius 2 is 2.20 bits per heavy atom. The Bertz CT molecular complexity index is 254. The van der Waals surface area contributed by atoms with Gasteiger partial charge in [0.2, 0.25) is 5.91 Å². The van der Waals surface area contributed by atoms with Crippen molar-refractivity contribution in [3.05, 3.63) is 0 Å². The number of hydrogen-bond acceptors (Lipinski definition) is 3. The van der Waals surface area contributed by atoms with Crippen molar-refractivity contribution in [3.8, 4) is 0 Å². The van der Waals surface area contributed by atoms with Gasteiger partial charge in [-0.1, -0.05) is 6.92 Å². The summed E-state index contributed by atoms with van der Waals surface area (Å²) in [6, 6.07) is -0.808. The Morgan fingerprint density at radius 1 is 1.53 bits per heavy atom. The fourth-order valence-electron chi connectivity index (χ4n) is 1.60. The zero-order valence-electron chi connectivity index (χ0n) is 9.03. The van der Waals surface area contributed by atoms with Crippen molar-refractivity contribution < 1.29 is 19.4 Å². The summed E-state index contributed by atoms with van der Waals surface area (Å²) in [5, 5.41) is 11.2. The van der Waals surface area contributed by atoms with Gasteiger partial charge in [0.05, 0.1) is 6.10 Å². The van der Waals surface area contributed by atoms with Crippen LogP contribution in [0.15, 0.2) is 0 Å². The molecular formula is C10H17NO4. The molecule has 1 aliphatic heterocycles. The molecule has 5 heteroatoms. The number of carboxylic acid groups (broad SMARTS) is 1. The highest BCUT2D eigenvalue weighted by molar-refractivity contribution is 5.86. The van der Waals surface area contributed by atoms with E-state index in [9.17, 15) is 9.59 Å². The van der Waals surface area contributed by atoms with Crippen LogP contribution in [-0.4, -0.2) is 35.2 Å². The van der Waals surface area contributed by atoms with E-state index in [4.69, 9.17) is 9.84 Å². The zero-order valence-corrected chi connectivity index (χ0v) is 9.03. The zero-order chi connectivity index (χ0) is 11.4. The van der Waals surface area contributed by atoms with Crippen LogP contribution in [0.4, 0.5) is 0 Å². The number of nitrogens with one attached hydrogen (secondary N) is 1. The molecule has 0 saturated carbocycles. The van der Waals surface area contributed by atoms with E-state index in [0.717, 1.165) is 6.42 Å². The second-order valence-electron chi connectivity index (χ2n) is 3.82. The molecule has 5 nitrogen and oxygen atoms in total. The molecule has 15 heavy (non-hydrogen) atoms. The number of ether oxygens (including phenoxy) is 1. The van der Waals surface area contributed by atoms with Gasteiger partial charge in [0.1, 0.15) is 12.1 Å². The third-order valence-corrected chi connectivity index (χ3v) is 2.55. The van der Waals surface area contributed by atoms with Crippen molar-refractivity contribution in [2.24, 2.45) is 0 Å². The highest BCUT2D eigenvalue weighted by atomic mass is 16.5. The number of carboxylic acids is 1. The Morgan fingerprint density at radius 3 is 2.60 bits per heavy atom. The quantitative estimate of drug-likeness (QED) is 0.717. The molecule has 0 spiro atoms. The van der Waals surface area contributed by atoms with Gasteiger partial charge in [-0.2, -0.15) is 0 Å². The molecule has 0 aromatic carbocycles. The molecule has 86 valence electrons. The molecule has 1 aliphatic rings. The van der Waals surface area contributed by atoms with Gasteiger partial charge < -0.3 is 15.2 Å². The van der Waals surface area contributed by atoms with Crippen LogP contribution in [0.1, 0.15) is 33.1 Å². The van der Waals surface area contributed by atoms with Crippen LogP contribution in [0.25, 0.3) is 0 Å². The van der Waals surface area contributed by atoms with E-state index in [1.807, 2.05) is 6.92 Å². The van der Waals surface area contributed by atoms with Gasteiger partial charge in [0.25, 0.3) is 0 Å². The number of carbonyl (C=O) groups excluding carboxylic acids is 1. The van der Waals surface area contributed by atoms with Crippen molar-refractivity contribution >= 4 is 11.9 Å². The molecule has 0 aromatic heterocycles. The highest BCUT2D eigenvalue weighted by Crippen LogP contribution is 2.19. The number of amides is 1. The average molecular weight is 215 g/mol. The summed E-state index contributed by atoms with van der Waals surface area (Å²) in [4.78, 5) is 22.3. The summed E-state index contributed by atoms with van der Waals surface area (Å²) in [6.07, 6.45) is 1.51. The maximum absolute atomic E-state index is 11.6. The van der Waals surface area contributed by atoms with Crippen LogP contribution in [-0.2, 0) is 14.3 Å². The molecule has 1 saturated heterocycles. The van der Waals surface area contributed by atoms with E-state index in [0.29, 0.717) is 12.8 Å². The van der Waals surface area contributed by atoms with E-state index in [2.05, 4.69) is 5.32 Å². The second kappa shape index (κ2) is 5.11. The lowest BCUT2D eigenvalue weighted by atomic mass is 10.1. The van der Waals surface area contributed by atoms with Crippen LogP contribution in [0.3, 0.4) is 0 Å². The minimum absolute atomic E-state index is 0.0886. The molecule has 1 fully saturated rings. The first-order chi connectivity index (χ1) is 7.04.